The van der Waals surface area contributed by atoms with Crippen molar-refractivity contribution < 1.29 is 9.53 Å². The first-order valence-corrected chi connectivity index (χ1v) is 7.76. The van der Waals surface area contributed by atoms with Gasteiger partial charge in [0.1, 0.15) is 11.6 Å². The van der Waals surface area contributed by atoms with Gasteiger partial charge in [-0.2, -0.15) is 0 Å². The molecule has 1 amide bonds. The Hall–Kier alpha value is -2.67. The summed E-state index contributed by atoms with van der Waals surface area (Å²) < 4.78 is 5.11. The third-order valence-electron chi connectivity index (χ3n) is 3.33. The van der Waals surface area contributed by atoms with E-state index in [0.29, 0.717) is 22.9 Å². The Morgan fingerprint density at radius 3 is 2.58 bits per heavy atom. The maximum atomic E-state index is 12.2. The van der Waals surface area contributed by atoms with E-state index in [1.807, 2.05) is 14.1 Å². The largest absolute Gasteiger partial charge is 0.497 e. The van der Waals surface area contributed by atoms with Crippen LogP contribution in [0.2, 0.25) is 0 Å². The number of rotatable bonds is 8. The summed E-state index contributed by atoms with van der Waals surface area (Å²) in [5, 5.41) is 14.0. The molecule has 7 heteroatoms. The molecule has 0 aliphatic carbocycles. The van der Waals surface area contributed by atoms with Crippen molar-refractivity contribution in [1.29, 1.82) is 0 Å². The average molecular weight is 329 g/mol. The fraction of sp³-hybridized carbons (Fsp3) is 0.353. The summed E-state index contributed by atoms with van der Waals surface area (Å²) in [6.07, 6.45) is 1.02. The first kappa shape index (κ1) is 17.7. The summed E-state index contributed by atoms with van der Waals surface area (Å²) in [5.41, 5.74) is 0.502. The third kappa shape index (κ3) is 5.51. The van der Waals surface area contributed by atoms with Crippen molar-refractivity contribution in [2.75, 3.05) is 44.9 Å². The van der Waals surface area contributed by atoms with Crippen LogP contribution in [0, 0.1) is 0 Å². The number of hydrogen-bond donors (Lipinski definition) is 2. The van der Waals surface area contributed by atoms with E-state index in [4.69, 9.17) is 4.74 Å². The fourth-order valence-corrected chi connectivity index (χ4v) is 2.06. The minimum Gasteiger partial charge on any atom is -0.497 e. The topological polar surface area (TPSA) is 79.4 Å². The van der Waals surface area contributed by atoms with Gasteiger partial charge in [-0.3, -0.25) is 4.79 Å². The normalized spacial score (nSPS) is 10.5. The summed E-state index contributed by atoms with van der Waals surface area (Å²) in [7, 11) is 5.64. The summed E-state index contributed by atoms with van der Waals surface area (Å²) >= 11 is 0. The smallest absolute Gasteiger partial charge is 0.256 e. The number of nitrogens with one attached hydrogen (secondary N) is 2. The van der Waals surface area contributed by atoms with Gasteiger partial charge < -0.3 is 20.3 Å². The second-order valence-corrected chi connectivity index (χ2v) is 5.57. The van der Waals surface area contributed by atoms with E-state index in [2.05, 4.69) is 25.7 Å². The molecule has 1 heterocycles. The van der Waals surface area contributed by atoms with Crippen molar-refractivity contribution in [3.8, 4) is 5.75 Å². The van der Waals surface area contributed by atoms with Crippen LogP contribution >= 0.6 is 0 Å². The first-order valence-electron chi connectivity index (χ1n) is 7.76. The van der Waals surface area contributed by atoms with Crippen LogP contribution in [0.3, 0.4) is 0 Å². The van der Waals surface area contributed by atoms with E-state index in [0.717, 1.165) is 19.5 Å². The molecule has 24 heavy (non-hydrogen) atoms. The van der Waals surface area contributed by atoms with Gasteiger partial charge in [0.05, 0.1) is 7.11 Å². The second-order valence-electron chi connectivity index (χ2n) is 5.57. The van der Waals surface area contributed by atoms with E-state index in [1.165, 1.54) is 0 Å². The quantitative estimate of drug-likeness (QED) is 0.722. The van der Waals surface area contributed by atoms with Crippen molar-refractivity contribution in [3.05, 3.63) is 42.0 Å². The Morgan fingerprint density at radius 1 is 1.17 bits per heavy atom. The van der Waals surface area contributed by atoms with Gasteiger partial charge in [-0.15, -0.1) is 10.2 Å². The summed E-state index contributed by atoms with van der Waals surface area (Å²) in [5.74, 6) is 1.47. The Bertz CT molecular complexity index is 658. The Balaban J connectivity index is 1.87. The van der Waals surface area contributed by atoms with Crippen LogP contribution in [-0.2, 0) is 0 Å². The van der Waals surface area contributed by atoms with Crippen molar-refractivity contribution in [2.45, 2.75) is 6.42 Å². The van der Waals surface area contributed by atoms with Gasteiger partial charge in [0.2, 0.25) is 0 Å². The third-order valence-corrected chi connectivity index (χ3v) is 3.33. The highest BCUT2D eigenvalue weighted by atomic mass is 16.5. The number of methoxy groups -OCH3 is 1. The van der Waals surface area contributed by atoms with Gasteiger partial charge in [-0.1, -0.05) is 6.07 Å². The van der Waals surface area contributed by atoms with Crippen molar-refractivity contribution in [1.82, 2.24) is 15.1 Å². The SMILES string of the molecule is COc1cccc(C(=O)Nc2ccc(NCCCN(C)C)nn2)c1. The molecule has 128 valence electrons. The minimum atomic E-state index is -0.255. The van der Waals surface area contributed by atoms with E-state index in [-0.39, 0.29) is 5.91 Å². The lowest BCUT2D eigenvalue weighted by atomic mass is 10.2. The molecule has 0 aliphatic rings. The Labute approximate surface area is 142 Å². The van der Waals surface area contributed by atoms with E-state index < -0.39 is 0 Å². The van der Waals surface area contributed by atoms with Crippen LogP contribution in [0.5, 0.6) is 5.75 Å². The summed E-state index contributed by atoms with van der Waals surface area (Å²) in [6, 6.07) is 10.5. The number of carbonyl (C=O) groups excluding carboxylic acids is 1. The number of amides is 1. The Kier molecular flexibility index (Phi) is 6.51. The Morgan fingerprint density at radius 2 is 1.92 bits per heavy atom. The van der Waals surface area contributed by atoms with Gasteiger partial charge in [0.25, 0.3) is 5.91 Å². The molecule has 0 unspecified atom stereocenters. The fourth-order valence-electron chi connectivity index (χ4n) is 2.06. The van der Waals surface area contributed by atoms with Crippen LogP contribution in [0.4, 0.5) is 11.6 Å². The highest BCUT2D eigenvalue weighted by molar-refractivity contribution is 6.03. The summed E-state index contributed by atoms with van der Waals surface area (Å²) in [4.78, 5) is 14.3. The van der Waals surface area contributed by atoms with Gasteiger partial charge in [-0.25, -0.2) is 0 Å². The zero-order chi connectivity index (χ0) is 17.4. The maximum Gasteiger partial charge on any atom is 0.256 e. The lowest BCUT2D eigenvalue weighted by molar-refractivity contribution is 0.102. The number of hydrogen-bond acceptors (Lipinski definition) is 6. The van der Waals surface area contributed by atoms with E-state index in [1.54, 1.807) is 43.5 Å². The second kappa shape index (κ2) is 8.83. The molecule has 1 aromatic carbocycles. The van der Waals surface area contributed by atoms with Crippen LogP contribution in [-0.4, -0.2) is 55.3 Å². The van der Waals surface area contributed by atoms with Gasteiger partial charge in [-0.05, 0) is 57.4 Å². The molecule has 2 aromatic rings. The molecule has 0 fully saturated rings. The van der Waals surface area contributed by atoms with Crippen molar-refractivity contribution in [3.63, 3.8) is 0 Å². The predicted octanol–water partition coefficient (Wildman–Crippen LogP) is 2.10. The number of benzene rings is 1. The van der Waals surface area contributed by atoms with E-state index >= 15 is 0 Å². The lowest BCUT2D eigenvalue weighted by Gasteiger charge is -2.10. The van der Waals surface area contributed by atoms with Crippen molar-refractivity contribution in [2.24, 2.45) is 0 Å². The first-order chi connectivity index (χ1) is 11.6. The molecule has 7 nitrogen and oxygen atoms in total. The number of aromatic nitrogens is 2. The maximum absolute atomic E-state index is 12.2. The highest BCUT2D eigenvalue weighted by Crippen LogP contribution is 2.14. The number of carbonyl (C=O) groups is 1. The van der Waals surface area contributed by atoms with Gasteiger partial charge in [0, 0.05) is 12.1 Å². The zero-order valence-corrected chi connectivity index (χ0v) is 14.2. The molecule has 1 aromatic heterocycles. The molecule has 0 saturated carbocycles. The van der Waals surface area contributed by atoms with Gasteiger partial charge >= 0.3 is 0 Å². The highest BCUT2D eigenvalue weighted by Gasteiger charge is 2.08. The molecule has 0 spiro atoms. The molecule has 2 N–H and O–H groups in total. The van der Waals surface area contributed by atoms with Crippen LogP contribution in [0.25, 0.3) is 0 Å². The molecule has 2 rings (SSSR count). The standard InChI is InChI=1S/C17H23N5O2/c1-22(2)11-5-10-18-15-8-9-16(21-20-15)19-17(23)13-6-4-7-14(12-13)24-3/h4,6-9,12H,5,10-11H2,1-3H3,(H,18,20)(H,19,21,23). The zero-order valence-electron chi connectivity index (χ0n) is 14.2. The monoisotopic (exact) mass is 329 g/mol. The minimum absolute atomic E-state index is 0.255. The molecular formula is C17H23N5O2. The summed E-state index contributed by atoms with van der Waals surface area (Å²) in [6.45, 7) is 1.83. The van der Waals surface area contributed by atoms with Gasteiger partial charge in [0.15, 0.2) is 5.82 Å². The predicted molar refractivity (Wildman–Crippen MR) is 94.6 cm³/mol. The van der Waals surface area contributed by atoms with Crippen LogP contribution < -0.4 is 15.4 Å². The number of anilines is 2. The van der Waals surface area contributed by atoms with Crippen molar-refractivity contribution >= 4 is 17.5 Å². The van der Waals surface area contributed by atoms with E-state index in [9.17, 15) is 4.79 Å². The number of nitrogens with zero attached hydrogens (tertiary/aromatic N) is 3. The molecule has 0 atom stereocenters. The molecule has 0 saturated heterocycles. The molecule has 0 radical (unpaired) electrons. The molecule has 0 bridgehead atoms. The number of ether oxygens (including phenoxy) is 1. The lowest BCUT2D eigenvalue weighted by Crippen LogP contribution is -2.17. The van der Waals surface area contributed by atoms with Crippen LogP contribution in [0.15, 0.2) is 36.4 Å². The molecule has 0 aliphatic heterocycles. The molecular weight excluding hydrogens is 306 g/mol. The average Bonchev–Trinajstić information content (AvgIpc) is 2.60. The van der Waals surface area contributed by atoms with Crippen LogP contribution in [0.1, 0.15) is 16.8 Å².